The first kappa shape index (κ1) is 12.7. The van der Waals surface area contributed by atoms with Crippen molar-refractivity contribution in [3.8, 4) is 0 Å². The summed E-state index contributed by atoms with van der Waals surface area (Å²) in [6, 6.07) is 8.97. The fourth-order valence-electron chi connectivity index (χ4n) is 3.57. The zero-order valence-corrected chi connectivity index (χ0v) is 12.1. The highest BCUT2D eigenvalue weighted by Gasteiger charge is 2.32. The Hall–Kier alpha value is -1.28. The highest BCUT2D eigenvalue weighted by atomic mass is 16.3. The van der Waals surface area contributed by atoms with Gasteiger partial charge in [-0.05, 0) is 50.4 Å². The molecule has 1 aliphatic rings. The summed E-state index contributed by atoms with van der Waals surface area (Å²) in [6.45, 7) is 4.50. The normalized spacial score (nSPS) is 25.0. The molecule has 0 spiro atoms. The molecule has 2 nitrogen and oxygen atoms in total. The number of furan rings is 1. The smallest absolute Gasteiger partial charge is 0.134 e. The first-order valence-electron chi connectivity index (χ1n) is 7.36. The van der Waals surface area contributed by atoms with E-state index in [0.29, 0.717) is 12.0 Å². The first-order chi connectivity index (χ1) is 9.19. The molecule has 0 bridgehead atoms. The lowest BCUT2D eigenvalue weighted by Crippen LogP contribution is -2.26. The second-order valence-electron chi connectivity index (χ2n) is 6.03. The monoisotopic (exact) mass is 257 g/mol. The summed E-state index contributed by atoms with van der Waals surface area (Å²) in [6.07, 6.45) is 4.01. The molecule has 19 heavy (non-hydrogen) atoms. The van der Waals surface area contributed by atoms with Crippen molar-refractivity contribution in [2.45, 2.75) is 39.2 Å². The summed E-state index contributed by atoms with van der Waals surface area (Å²) in [5, 5.41) is 4.70. The first-order valence-corrected chi connectivity index (χ1v) is 7.36. The van der Waals surface area contributed by atoms with E-state index in [1.165, 1.54) is 30.2 Å². The molecule has 0 aliphatic heterocycles. The van der Waals surface area contributed by atoms with E-state index in [-0.39, 0.29) is 0 Å². The Morgan fingerprint density at radius 2 is 2.11 bits per heavy atom. The Morgan fingerprint density at radius 1 is 1.26 bits per heavy atom. The summed E-state index contributed by atoms with van der Waals surface area (Å²) in [4.78, 5) is 0. The van der Waals surface area contributed by atoms with Crippen LogP contribution in [-0.4, -0.2) is 7.05 Å². The lowest BCUT2D eigenvalue weighted by molar-refractivity contribution is 0.282. The van der Waals surface area contributed by atoms with Crippen LogP contribution in [0.15, 0.2) is 28.7 Å². The standard InChI is InChI=1S/C17H23NO/c1-11-7-8-15-13(9-11)10-16(19-15)17(18-3)14-6-4-5-12(14)2/h7-10,12,14,17-18H,4-6H2,1-3H3. The molecule has 1 fully saturated rings. The summed E-state index contributed by atoms with van der Waals surface area (Å²) < 4.78 is 6.07. The van der Waals surface area contributed by atoms with E-state index < -0.39 is 0 Å². The molecule has 1 aliphatic carbocycles. The SMILES string of the molecule is CNC(c1cc2cc(C)ccc2o1)C1CCCC1C. The van der Waals surface area contributed by atoms with Crippen molar-refractivity contribution in [1.82, 2.24) is 5.32 Å². The molecule has 3 rings (SSSR count). The van der Waals surface area contributed by atoms with Crippen LogP contribution in [0.3, 0.4) is 0 Å². The second kappa shape index (κ2) is 5.01. The van der Waals surface area contributed by atoms with Crippen molar-refractivity contribution in [3.63, 3.8) is 0 Å². The van der Waals surface area contributed by atoms with E-state index in [9.17, 15) is 0 Å². The minimum atomic E-state index is 0.352. The van der Waals surface area contributed by atoms with Crippen LogP contribution >= 0.6 is 0 Å². The highest BCUT2D eigenvalue weighted by molar-refractivity contribution is 5.78. The number of hydrogen-bond acceptors (Lipinski definition) is 2. The van der Waals surface area contributed by atoms with Gasteiger partial charge in [-0.15, -0.1) is 0 Å². The van der Waals surface area contributed by atoms with Crippen molar-refractivity contribution in [2.75, 3.05) is 7.05 Å². The van der Waals surface area contributed by atoms with Gasteiger partial charge in [0.05, 0.1) is 6.04 Å². The van der Waals surface area contributed by atoms with Crippen LogP contribution < -0.4 is 5.32 Å². The van der Waals surface area contributed by atoms with Gasteiger partial charge in [0.15, 0.2) is 0 Å². The van der Waals surface area contributed by atoms with E-state index in [1.807, 2.05) is 7.05 Å². The van der Waals surface area contributed by atoms with Gasteiger partial charge in [0.1, 0.15) is 11.3 Å². The van der Waals surface area contributed by atoms with Gasteiger partial charge in [0.25, 0.3) is 0 Å². The number of benzene rings is 1. The minimum absolute atomic E-state index is 0.352. The maximum atomic E-state index is 6.07. The fourth-order valence-corrected chi connectivity index (χ4v) is 3.57. The van der Waals surface area contributed by atoms with Gasteiger partial charge in [0.2, 0.25) is 0 Å². The molecule has 2 heteroatoms. The maximum absolute atomic E-state index is 6.07. The van der Waals surface area contributed by atoms with E-state index in [0.717, 1.165) is 17.3 Å². The maximum Gasteiger partial charge on any atom is 0.134 e. The van der Waals surface area contributed by atoms with Crippen molar-refractivity contribution in [3.05, 3.63) is 35.6 Å². The Labute approximate surface area is 115 Å². The van der Waals surface area contributed by atoms with Gasteiger partial charge < -0.3 is 9.73 Å². The van der Waals surface area contributed by atoms with Gasteiger partial charge >= 0.3 is 0 Å². The molecule has 3 atom stereocenters. The second-order valence-corrected chi connectivity index (χ2v) is 6.03. The van der Waals surface area contributed by atoms with Crippen LogP contribution in [0.25, 0.3) is 11.0 Å². The van der Waals surface area contributed by atoms with Crippen LogP contribution in [0.5, 0.6) is 0 Å². The van der Waals surface area contributed by atoms with E-state index in [2.05, 4.69) is 43.4 Å². The van der Waals surface area contributed by atoms with Crippen LogP contribution in [0.2, 0.25) is 0 Å². The molecule has 1 heterocycles. The third-order valence-corrected chi connectivity index (χ3v) is 4.66. The molecular weight excluding hydrogens is 234 g/mol. The summed E-state index contributed by atoms with van der Waals surface area (Å²) >= 11 is 0. The highest BCUT2D eigenvalue weighted by Crippen LogP contribution is 2.41. The molecule has 0 amide bonds. The predicted octanol–water partition coefficient (Wildman–Crippen LogP) is 4.44. The summed E-state index contributed by atoms with van der Waals surface area (Å²) in [5.74, 6) is 2.58. The number of hydrogen-bond donors (Lipinski definition) is 1. The van der Waals surface area contributed by atoms with Gasteiger partial charge in [0, 0.05) is 5.39 Å². The van der Waals surface area contributed by atoms with Gasteiger partial charge in [-0.1, -0.05) is 31.4 Å². The largest absolute Gasteiger partial charge is 0.459 e. The molecule has 0 saturated heterocycles. The van der Waals surface area contributed by atoms with Crippen LogP contribution in [0.4, 0.5) is 0 Å². The Kier molecular flexibility index (Phi) is 3.36. The van der Waals surface area contributed by atoms with Crippen LogP contribution in [-0.2, 0) is 0 Å². The number of rotatable bonds is 3. The zero-order chi connectivity index (χ0) is 13.4. The van der Waals surface area contributed by atoms with E-state index in [4.69, 9.17) is 4.42 Å². The van der Waals surface area contributed by atoms with Gasteiger partial charge in [-0.3, -0.25) is 0 Å². The number of fused-ring (bicyclic) bond motifs is 1. The number of nitrogens with one attached hydrogen (secondary N) is 1. The van der Waals surface area contributed by atoms with Crippen molar-refractivity contribution in [2.24, 2.45) is 11.8 Å². The van der Waals surface area contributed by atoms with Crippen molar-refractivity contribution < 1.29 is 4.42 Å². The quantitative estimate of drug-likeness (QED) is 0.879. The Bertz CT molecular complexity index is 572. The van der Waals surface area contributed by atoms with Gasteiger partial charge in [-0.25, -0.2) is 0 Å². The molecule has 102 valence electrons. The molecule has 2 aromatic rings. The molecule has 0 radical (unpaired) electrons. The Balaban J connectivity index is 1.96. The van der Waals surface area contributed by atoms with Crippen molar-refractivity contribution >= 4 is 11.0 Å². The van der Waals surface area contributed by atoms with Crippen molar-refractivity contribution in [1.29, 1.82) is 0 Å². The minimum Gasteiger partial charge on any atom is -0.459 e. The molecule has 3 unspecified atom stereocenters. The molecule has 1 saturated carbocycles. The predicted molar refractivity (Wildman–Crippen MR) is 79.3 cm³/mol. The van der Waals surface area contributed by atoms with E-state index in [1.54, 1.807) is 0 Å². The zero-order valence-electron chi connectivity index (χ0n) is 12.1. The third kappa shape index (κ3) is 2.30. The Morgan fingerprint density at radius 3 is 2.79 bits per heavy atom. The average Bonchev–Trinajstić information content (AvgIpc) is 2.97. The lowest BCUT2D eigenvalue weighted by Gasteiger charge is -2.24. The fraction of sp³-hybridized carbons (Fsp3) is 0.529. The molecule has 1 aromatic heterocycles. The molecule has 1 aromatic carbocycles. The summed E-state index contributed by atoms with van der Waals surface area (Å²) in [5.41, 5.74) is 2.29. The molecule has 1 N–H and O–H groups in total. The van der Waals surface area contributed by atoms with Crippen LogP contribution in [0, 0.1) is 18.8 Å². The number of aryl methyl sites for hydroxylation is 1. The lowest BCUT2D eigenvalue weighted by atomic mass is 9.89. The third-order valence-electron chi connectivity index (χ3n) is 4.66. The molecular formula is C17H23NO. The average molecular weight is 257 g/mol. The topological polar surface area (TPSA) is 25.2 Å². The van der Waals surface area contributed by atoms with E-state index >= 15 is 0 Å². The van der Waals surface area contributed by atoms with Crippen LogP contribution in [0.1, 0.15) is 43.6 Å². The summed E-state index contributed by atoms with van der Waals surface area (Å²) in [7, 11) is 2.05. The van der Waals surface area contributed by atoms with Gasteiger partial charge in [-0.2, -0.15) is 0 Å².